The number of aliphatic imine (C=N–C) groups is 1. The third-order valence-electron chi connectivity index (χ3n) is 5.20. The molecule has 2 aliphatic rings. The van der Waals surface area contributed by atoms with Crippen molar-refractivity contribution in [3.63, 3.8) is 0 Å². The van der Waals surface area contributed by atoms with E-state index in [-0.39, 0.29) is 24.1 Å². The normalized spacial score (nSPS) is 23.6. The Balaban J connectivity index is 1.65. The first-order valence-corrected chi connectivity index (χ1v) is 9.30. The third kappa shape index (κ3) is 3.70. The zero-order chi connectivity index (χ0) is 20.3. The maximum Gasteiger partial charge on any atom is 0.222 e. The zero-order valence-corrected chi connectivity index (χ0v) is 15.9. The molecule has 0 bridgehead atoms. The molecular weight excluding hydrogens is 374 g/mol. The van der Waals surface area contributed by atoms with Crippen molar-refractivity contribution in [1.29, 1.82) is 0 Å². The van der Waals surface area contributed by atoms with Gasteiger partial charge in [-0.05, 0) is 29.7 Å². The predicted octanol–water partition coefficient (Wildman–Crippen LogP) is 4.77. The number of halogens is 2. The van der Waals surface area contributed by atoms with Crippen molar-refractivity contribution in [1.82, 2.24) is 0 Å². The lowest BCUT2D eigenvalue weighted by Crippen LogP contribution is -2.35. The minimum absolute atomic E-state index is 0.0259. The molecule has 6 heteroatoms. The van der Waals surface area contributed by atoms with Crippen molar-refractivity contribution in [2.45, 2.75) is 12.5 Å². The highest BCUT2D eigenvalue weighted by atomic mass is 19.1. The predicted molar refractivity (Wildman–Crippen MR) is 109 cm³/mol. The van der Waals surface area contributed by atoms with Crippen LogP contribution in [0.4, 0.5) is 8.78 Å². The molecule has 29 heavy (non-hydrogen) atoms. The molecule has 4 rings (SSSR count). The summed E-state index contributed by atoms with van der Waals surface area (Å²) in [5, 5.41) is 3.96. The molecule has 0 radical (unpaired) electrons. The molecule has 1 aliphatic heterocycles. The van der Waals surface area contributed by atoms with Crippen molar-refractivity contribution in [2.75, 3.05) is 13.7 Å². The first-order valence-electron chi connectivity index (χ1n) is 9.30. The Hall–Kier alpha value is -3.28. The molecule has 0 saturated heterocycles. The molecule has 1 heterocycles. The topological polar surface area (TPSA) is 43.2 Å². The molecule has 0 aromatic heterocycles. The SMILES string of the molecule is CON=CC1(C2COC(c3c(F)cccc3F)=N2)C=CC(c2ccccc2)=CC1. The van der Waals surface area contributed by atoms with Crippen LogP contribution in [-0.2, 0) is 9.57 Å². The summed E-state index contributed by atoms with van der Waals surface area (Å²) in [4.78, 5) is 9.41. The van der Waals surface area contributed by atoms with Gasteiger partial charge in [0.1, 0.15) is 37.0 Å². The Labute approximate surface area is 167 Å². The van der Waals surface area contributed by atoms with Crippen molar-refractivity contribution in [3.05, 3.63) is 89.5 Å². The van der Waals surface area contributed by atoms with Crippen LogP contribution in [0.3, 0.4) is 0 Å². The quantitative estimate of drug-likeness (QED) is 0.541. The summed E-state index contributed by atoms with van der Waals surface area (Å²) in [7, 11) is 1.47. The number of nitrogens with zero attached hydrogens (tertiary/aromatic N) is 2. The van der Waals surface area contributed by atoms with E-state index in [0.29, 0.717) is 6.42 Å². The number of ether oxygens (including phenoxy) is 1. The fraction of sp³-hybridized carbons (Fsp3) is 0.217. The van der Waals surface area contributed by atoms with Crippen LogP contribution in [0.25, 0.3) is 5.57 Å². The molecule has 0 N–H and O–H groups in total. The monoisotopic (exact) mass is 394 g/mol. The number of rotatable bonds is 5. The van der Waals surface area contributed by atoms with Crippen molar-refractivity contribution < 1.29 is 18.4 Å². The fourth-order valence-corrected chi connectivity index (χ4v) is 3.58. The van der Waals surface area contributed by atoms with E-state index in [2.05, 4.69) is 16.2 Å². The highest BCUT2D eigenvalue weighted by Crippen LogP contribution is 2.38. The first kappa shape index (κ1) is 19.1. The Morgan fingerprint density at radius 2 is 1.90 bits per heavy atom. The Morgan fingerprint density at radius 1 is 1.14 bits per heavy atom. The average molecular weight is 394 g/mol. The van der Waals surface area contributed by atoms with Gasteiger partial charge in [-0.3, -0.25) is 0 Å². The molecular formula is C23H20F2N2O2. The summed E-state index contributed by atoms with van der Waals surface area (Å²) in [6.07, 6.45) is 8.41. The minimum atomic E-state index is -0.700. The lowest BCUT2D eigenvalue weighted by Gasteiger charge is -2.31. The third-order valence-corrected chi connectivity index (χ3v) is 5.20. The van der Waals surface area contributed by atoms with Crippen molar-refractivity contribution >= 4 is 17.7 Å². The van der Waals surface area contributed by atoms with Crippen LogP contribution in [0.2, 0.25) is 0 Å². The van der Waals surface area contributed by atoms with Crippen LogP contribution in [0.5, 0.6) is 0 Å². The highest BCUT2D eigenvalue weighted by Gasteiger charge is 2.41. The largest absolute Gasteiger partial charge is 0.475 e. The van der Waals surface area contributed by atoms with Gasteiger partial charge in [-0.15, -0.1) is 0 Å². The van der Waals surface area contributed by atoms with Crippen LogP contribution in [0.1, 0.15) is 17.5 Å². The van der Waals surface area contributed by atoms with Crippen LogP contribution < -0.4 is 0 Å². The Bertz CT molecular complexity index is 995. The average Bonchev–Trinajstić information content (AvgIpc) is 3.23. The molecule has 2 aromatic rings. The lowest BCUT2D eigenvalue weighted by atomic mass is 9.74. The molecule has 0 saturated carbocycles. The van der Waals surface area contributed by atoms with Crippen LogP contribution in [-0.4, -0.2) is 31.9 Å². The van der Waals surface area contributed by atoms with Gasteiger partial charge in [0.15, 0.2) is 0 Å². The first-order chi connectivity index (χ1) is 14.1. The summed E-state index contributed by atoms with van der Waals surface area (Å²) >= 11 is 0. The summed E-state index contributed by atoms with van der Waals surface area (Å²) < 4.78 is 33.9. The second kappa shape index (κ2) is 7.99. The number of hydrogen-bond donors (Lipinski definition) is 0. The standard InChI is InChI=1S/C23H20F2N2O2/c1-28-26-15-23(12-10-17(11-13-23)16-6-3-2-4-7-16)20-14-29-22(27-20)21-18(24)8-5-9-19(21)25/h2-12,15,20H,13-14H2,1H3. The van der Waals surface area contributed by atoms with Crippen LogP contribution in [0, 0.1) is 17.0 Å². The summed E-state index contributed by atoms with van der Waals surface area (Å²) in [5.41, 5.74) is 1.35. The van der Waals surface area contributed by atoms with Gasteiger partial charge in [-0.2, -0.15) is 0 Å². The van der Waals surface area contributed by atoms with E-state index in [9.17, 15) is 8.78 Å². The van der Waals surface area contributed by atoms with E-state index in [1.165, 1.54) is 25.3 Å². The van der Waals surface area contributed by atoms with Gasteiger partial charge in [-0.1, -0.05) is 59.8 Å². The van der Waals surface area contributed by atoms with Crippen LogP contribution >= 0.6 is 0 Å². The lowest BCUT2D eigenvalue weighted by molar-refractivity contribution is 0.207. The fourth-order valence-electron chi connectivity index (χ4n) is 3.58. The number of oxime groups is 1. The Kier molecular flexibility index (Phi) is 5.25. The highest BCUT2D eigenvalue weighted by molar-refractivity contribution is 5.96. The van der Waals surface area contributed by atoms with Crippen molar-refractivity contribution in [3.8, 4) is 0 Å². The second-order valence-electron chi connectivity index (χ2n) is 6.95. The molecule has 2 unspecified atom stereocenters. The van der Waals surface area contributed by atoms with E-state index in [1.54, 1.807) is 6.21 Å². The van der Waals surface area contributed by atoms with Crippen molar-refractivity contribution in [2.24, 2.45) is 15.6 Å². The summed E-state index contributed by atoms with van der Waals surface area (Å²) in [6, 6.07) is 13.3. The van der Waals surface area contributed by atoms with Crippen LogP contribution in [0.15, 0.2) is 76.9 Å². The van der Waals surface area contributed by atoms with E-state index in [1.807, 2.05) is 42.5 Å². The van der Waals surface area contributed by atoms with Gasteiger partial charge in [0.05, 0.1) is 11.6 Å². The number of benzene rings is 2. The summed E-state index contributed by atoms with van der Waals surface area (Å²) in [6.45, 7) is 0.192. The van der Waals surface area contributed by atoms with E-state index in [4.69, 9.17) is 9.57 Å². The van der Waals surface area contributed by atoms with Gasteiger partial charge in [0.2, 0.25) is 5.90 Å². The van der Waals surface area contributed by atoms with Gasteiger partial charge < -0.3 is 9.57 Å². The smallest absolute Gasteiger partial charge is 0.222 e. The van der Waals surface area contributed by atoms with Gasteiger partial charge in [0.25, 0.3) is 0 Å². The molecule has 0 spiro atoms. The number of hydrogen-bond acceptors (Lipinski definition) is 4. The van der Waals surface area contributed by atoms with Gasteiger partial charge in [0, 0.05) is 0 Å². The van der Waals surface area contributed by atoms with E-state index < -0.39 is 17.0 Å². The van der Waals surface area contributed by atoms with Gasteiger partial charge >= 0.3 is 0 Å². The Morgan fingerprint density at radius 3 is 2.55 bits per heavy atom. The minimum Gasteiger partial charge on any atom is -0.475 e. The second-order valence-corrected chi connectivity index (χ2v) is 6.95. The van der Waals surface area contributed by atoms with E-state index >= 15 is 0 Å². The maximum absolute atomic E-state index is 14.1. The maximum atomic E-state index is 14.1. The molecule has 148 valence electrons. The molecule has 2 atom stereocenters. The molecule has 1 aliphatic carbocycles. The molecule has 4 nitrogen and oxygen atoms in total. The summed E-state index contributed by atoms with van der Waals surface area (Å²) in [5.74, 6) is -1.43. The molecule has 0 fully saturated rings. The zero-order valence-electron chi connectivity index (χ0n) is 15.9. The van der Waals surface area contributed by atoms with Gasteiger partial charge in [-0.25, -0.2) is 13.8 Å². The molecule has 2 aromatic carbocycles. The number of allylic oxidation sites excluding steroid dienone is 3. The molecule has 0 amide bonds. The van der Waals surface area contributed by atoms with E-state index in [0.717, 1.165) is 11.1 Å².